The van der Waals surface area contributed by atoms with Crippen molar-refractivity contribution < 1.29 is 4.74 Å². The van der Waals surface area contributed by atoms with Crippen molar-refractivity contribution in [3.05, 3.63) is 94.8 Å². The summed E-state index contributed by atoms with van der Waals surface area (Å²) < 4.78 is 5.79. The molecule has 3 nitrogen and oxygen atoms in total. The minimum atomic E-state index is 0.514. The van der Waals surface area contributed by atoms with Gasteiger partial charge in [0, 0.05) is 25.5 Å². The highest BCUT2D eigenvalue weighted by molar-refractivity contribution is 6.32. The highest BCUT2D eigenvalue weighted by atomic mass is 35.5. The van der Waals surface area contributed by atoms with Crippen LogP contribution < -0.4 is 10.1 Å². The molecular weight excluding hydrogens is 320 g/mol. The van der Waals surface area contributed by atoms with Crippen LogP contribution in [0.2, 0.25) is 5.02 Å². The van der Waals surface area contributed by atoms with Gasteiger partial charge >= 0.3 is 0 Å². The van der Waals surface area contributed by atoms with E-state index in [-0.39, 0.29) is 0 Å². The van der Waals surface area contributed by atoms with Gasteiger partial charge in [0.15, 0.2) is 0 Å². The van der Waals surface area contributed by atoms with Crippen LogP contribution in [0, 0.1) is 0 Å². The van der Waals surface area contributed by atoms with E-state index in [1.54, 1.807) is 12.4 Å². The Hall–Kier alpha value is -2.36. The van der Waals surface area contributed by atoms with E-state index in [0.29, 0.717) is 17.4 Å². The Balaban J connectivity index is 1.52. The first-order valence-corrected chi connectivity index (χ1v) is 8.24. The predicted molar refractivity (Wildman–Crippen MR) is 97.0 cm³/mol. The summed E-state index contributed by atoms with van der Waals surface area (Å²) in [6, 6.07) is 20.0. The van der Waals surface area contributed by atoms with E-state index >= 15 is 0 Å². The summed E-state index contributed by atoms with van der Waals surface area (Å²) in [6.07, 6.45) is 3.60. The van der Waals surface area contributed by atoms with E-state index in [4.69, 9.17) is 16.3 Å². The lowest BCUT2D eigenvalue weighted by molar-refractivity contribution is 0.306. The molecule has 0 radical (unpaired) electrons. The molecule has 0 fully saturated rings. The van der Waals surface area contributed by atoms with Crippen LogP contribution in [0.3, 0.4) is 0 Å². The minimum Gasteiger partial charge on any atom is -0.487 e. The number of rotatable bonds is 7. The third-order valence-corrected chi connectivity index (χ3v) is 3.94. The molecule has 0 unspecified atom stereocenters. The highest BCUT2D eigenvalue weighted by Crippen LogP contribution is 2.26. The van der Waals surface area contributed by atoms with Crippen LogP contribution in [0.1, 0.15) is 16.7 Å². The third kappa shape index (κ3) is 4.82. The second-order valence-corrected chi connectivity index (χ2v) is 5.91. The monoisotopic (exact) mass is 338 g/mol. The van der Waals surface area contributed by atoms with Gasteiger partial charge in [-0.25, -0.2) is 0 Å². The number of ether oxygens (including phenoxy) is 1. The average molecular weight is 339 g/mol. The maximum Gasteiger partial charge on any atom is 0.138 e. The van der Waals surface area contributed by atoms with Crippen LogP contribution in [-0.2, 0) is 19.7 Å². The smallest absolute Gasteiger partial charge is 0.138 e. The molecule has 0 amide bonds. The normalized spacial score (nSPS) is 10.5. The zero-order valence-corrected chi connectivity index (χ0v) is 14.0. The molecule has 4 heteroatoms. The fourth-order valence-corrected chi connectivity index (χ4v) is 2.62. The Kier molecular flexibility index (Phi) is 5.83. The SMILES string of the molecule is Clc1cc(CNCc2ccncc2)ccc1OCc1ccccc1. The van der Waals surface area contributed by atoms with Crippen LogP contribution in [0.5, 0.6) is 5.75 Å². The van der Waals surface area contributed by atoms with Crippen molar-refractivity contribution in [1.29, 1.82) is 0 Å². The zero-order chi connectivity index (χ0) is 16.6. The number of pyridine rings is 1. The summed E-state index contributed by atoms with van der Waals surface area (Å²) in [7, 11) is 0. The number of hydrogen-bond acceptors (Lipinski definition) is 3. The van der Waals surface area contributed by atoms with Gasteiger partial charge < -0.3 is 10.1 Å². The van der Waals surface area contributed by atoms with Gasteiger partial charge in [-0.1, -0.05) is 48.0 Å². The molecule has 1 heterocycles. The molecule has 3 aromatic rings. The molecule has 1 aromatic heterocycles. The fourth-order valence-electron chi connectivity index (χ4n) is 2.36. The number of hydrogen-bond donors (Lipinski definition) is 1. The Morgan fingerprint density at radius 3 is 2.33 bits per heavy atom. The van der Waals surface area contributed by atoms with Gasteiger partial charge in [-0.2, -0.15) is 0 Å². The van der Waals surface area contributed by atoms with Crippen molar-refractivity contribution in [2.75, 3.05) is 0 Å². The van der Waals surface area contributed by atoms with Crippen molar-refractivity contribution in [2.24, 2.45) is 0 Å². The molecule has 1 N–H and O–H groups in total. The minimum absolute atomic E-state index is 0.514. The first-order chi connectivity index (χ1) is 11.8. The molecule has 0 aliphatic carbocycles. The van der Waals surface area contributed by atoms with Gasteiger partial charge in [0.05, 0.1) is 5.02 Å². The highest BCUT2D eigenvalue weighted by Gasteiger charge is 2.04. The lowest BCUT2D eigenvalue weighted by Crippen LogP contribution is -2.12. The molecule has 3 rings (SSSR count). The largest absolute Gasteiger partial charge is 0.487 e. The molecule has 0 bridgehead atoms. The summed E-state index contributed by atoms with van der Waals surface area (Å²) in [5.74, 6) is 0.707. The molecule has 0 saturated carbocycles. The Labute approximate surface area is 147 Å². The topological polar surface area (TPSA) is 34.2 Å². The number of nitrogens with zero attached hydrogens (tertiary/aromatic N) is 1. The molecule has 122 valence electrons. The van der Waals surface area contributed by atoms with Crippen LogP contribution in [-0.4, -0.2) is 4.98 Å². The van der Waals surface area contributed by atoms with Crippen molar-refractivity contribution >= 4 is 11.6 Å². The summed E-state index contributed by atoms with van der Waals surface area (Å²) in [4.78, 5) is 4.01. The summed E-state index contributed by atoms with van der Waals surface area (Å²) in [6.45, 7) is 2.06. The maximum atomic E-state index is 6.33. The zero-order valence-electron chi connectivity index (χ0n) is 13.3. The molecular formula is C20H19ClN2O. The summed E-state index contributed by atoms with van der Waals surface area (Å²) >= 11 is 6.33. The van der Waals surface area contributed by atoms with Crippen molar-refractivity contribution in [1.82, 2.24) is 10.3 Å². The molecule has 0 atom stereocenters. The van der Waals surface area contributed by atoms with Gasteiger partial charge in [0.25, 0.3) is 0 Å². The quantitative estimate of drug-likeness (QED) is 0.683. The Morgan fingerprint density at radius 1 is 0.833 bits per heavy atom. The van der Waals surface area contributed by atoms with Crippen LogP contribution in [0.25, 0.3) is 0 Å². The number of benzene rings is 2. The van der Waals surface area contributed by atoms with E-state index < -0.39 is 0 Å². The first-order valence-electron chi connectivity index (χ1n) is 7.86. The molecule has 0 spiro atoms. The standard InChI is InChI=1S/C20H19ClN2O/c21-19-12-18(14-23-13-16-8-10-22-11-9-16)6-7-20(19)24-15-17-4-2-1-3-5-17/h1-12,23H,13-15H2. The van der Waals surface area contributed by atoms with Crippen LogP contribution in [0.4, 0.5) is 0 Å². The first kappa shape index (κ1) is 16.5. The second kappa shape index (κ2) is 8.48. The van der Waals surface area contributed by atoms with Gasteiger partial charge in [0.2, 0.25) is 0 Å². The Morgan fingerprint density at radius 2 is 1.58 bits per heavy atom. The molecule has 0 aliphatic rings. The van der Waals surface area contributed by atoms with Crippen molar-refractivity contribution in [2.45, 2.75) is 19.7 Å². The summed E-state index contributed by atoms with van der Waals surface area (Å²) in [5, 5.41) is 4.03. The number of aromatic nitrogens is 1. The third-order valence-electron chi connectivity index (χ3n) is 3.64. The second-order valence-electron chi connectivity index (χ2n) is 5.50. The van der Waals surface area contributed by atoms with Gasteiger partial charge in [-0.3, -0.25) is 4.98 Å². The lowest BCUT2D eigenvalue weighted by Gasteiger charge is -2.10. The molecule has 2 aromatic carbocycles. The van der Waals surface area contributed by atoms with Crippen molar-refractivity contribution in [3.8, 4) is 5.75 Å². The van der Waals surface area contributed by atoms with Crippen LogP contribution in [0.15, 0.2) is 73.1 Å². The van der Waals surface area contributed by atoms with E-state index in [9.17, 15) is 0 Å². The van der Waals surface area contributed by atoms with Crippen molar-refractivity contribution in [3.63, 3.8) is 0 Å². The Bertz CT molecular complexity index is 763. The van der Waals surface area contributed by atoms with Crippen LogP contribution >= 0.6 is 11.6 Å². The lowest BCUT2D eigenvalue weighted by atomic mass is 10.2. The maximum absolute atomic E-state index is 6.33. The van der Waals surface area contributed by atoms with Gasteiger partial charge in [-0.05, 0) is 41.0 Å². The van der Waals surface area contributed by atoms with E-state index in [1.165, 1.54) is 5.56 Å². The fraction of sp³-hybridized carbons (Fsp3) is 0.150. The predicted octanol–water partition coefficient (Wildman–Crippen LogP) is 4.60. The van der Waals surface area contributed by atoms with Gasteiger partial charge in [0.1, 0.15) is 12.4 Å². The molecule has 0 saturated heterocycles. The summed E-state index contributed by atoms with van der Waals surface area (Å²) in [5.41, 5.74) is 3.46. The number of halogens is 1. The van der Waals surface area contributed by atoms with E-state index in [2.05, 4.69) is 10.3 Å². The average Bonchev–Trinajstić information content (AvgIpc) is 2.63. The molecule has 0 aliphatic heterocycles. The van der Waals surface area contributed by atoms with E-state index in [0.717, 1.165) is 24.2 Å². The molecule has 24 heavy (non-hydrogen) atoms. The number of nitrogens with one attached hydrogen (secondary N) is 1. The van der Waals surface area contributed by atoms with E-state index in [1.807, 2.05) is 60.7 Å². The van der Waals surface area contributed by atoms with Gasteiger partial charge in [-0.15, -0.1) is 0 Å².